The normalized spacial score (nSPS) is 12.0. The summed E-state index contributed by atoms with van der Waals surface area (Å²) in [7, 11) is 0. The molecule has 0 aromatic heterocycles. The summed E-state index contributed by atoms with van der Waals surface area (Å²) in [5, 5.41) is 3.35. The lowest BCUT2D eigenvalue weighted by molar-refractivity contribution is 0.176. The molecule has 74 valence electrons. The van der Waals surface area contributed by atoms with Gasteiger partial charge in [0.2, 0.25) is 0 Å². The third kappa shape index (κ3) is 4.73. The van der Waals surface area contributed by atoms with E-state index in [9.17, 15) is 0 Å². The Morgan fingerprint density at radius 2 is 1.58 bits per heavy atom. The van der Waals surface area contributed by atoms with Crippen LogP contribution in [0.5, 0.6) is 0 Å². The van der Waals surface area contributed by atoms with Gasteiger partial charge in [-0.1, -0.05) is 6.92 Å². The minimum atomic E-state index is 0.656. The van der Waals surface area contributed by atoms with Crippen LogP contribution in [0.15, 0.2) is 0 Å². The van der Waals surface area contributed by atoms with E-state index in [1.54, 1.807) is 0 Å². The van der Waals surface area contributed by atoms with Crippen LogP contribution in [0.2, 0.25) is 0 Å². The van der Waals surface area contributed by atoms with Gasteiger partial charge in [0.25, 0.3) is 0 Å². The van der Waals surface area contributed by atoms with E-state index in [4.69, 9.17) is 0 Å². The highest BCUT2D eigenvalue weighted by Crippen LogP contribution is 2.02. The smallest absolute Gasteiger partial charge is 0.0112 e. The molecule has 2 heteroatoms. The molecule has 0 atom stereocenters. The van der Waals surface area contributed by atoms with E-state index in [0.717, 1.165) is 19.6 Å². The molecule has 1 N–H and O–H groups in total. The first-order chi connectivity index (χ1) is 5.59. The number of hydrogen-bond donors (Lipinski definition) is 1. The van der Waals surface area contributed by atoms with Gasteiger partial charge in [-0.15, -0.1) is 0 Å². The van der Waals surface area contributed by atoms with E-state index >= 15 is 0 Å². The van der Waals surface area contributed by atoms with Crippen molar-refractivity contribution in [1.82, 2.24) is 10.2 Å². The zero-order chi connectivity index (χ0) is 9.56. The van der Waals surface area contributed by atoms with E-state index in [1.165, 1.54) is 0 Å². The van der Waals surface area contributed by atoms with Crippen LogP contribution in [0.25, 0.3) is 0 Å². The fraction of sp³-hybridized carbons (Fsp3) is 1.00. The predicted molar refractivity (Wildman–Crippen MR) is 55.5 cm³/mol. The van der Waals surface area contributed by atoms with Gasteiger partial charge in [0.1, 0.15) is 0 Å². The van der Waals surface area contributed by atoms with Crippen molar-refractivity contribution in [2.45, 2.75) is 46.7 Å². The molecule has 12 heavy (non-hydrogen) atoms. The molecule has 2 nitrogen and oxygen atoms in total. The summed E-state index contributed by atoms with van der Waals surface area (Å²) in [4.78, 5) is 2.50. The van der Waals surface area contributed by atoms with Crippen molar-refractivity contribution in [2.24, 2.45) is 0 Å². The molecule has 0 amide bonds. The van der Waals surface area contributed by atoms with Crippen LogP contribution in [-0.4, -0.2) is 36.6 Å². The monoisotopic (exact) mass is 172 g/mol. The van der Waals surface area contributed by atoms with Gasteiger partial charge in [0.15, 0.2) is 0 Å². The molecule has 0 spiro atoms. The van der Waals surface area contributed by atoms with E-state index < -0.39 is 0 Å². The highest BCUT2D eigenvalue weighted by Gasteiger charge is 2.11. The quantitative estimate of drug-likeness (QED) is 0.614. The molecule has 0 aliphatic carbocycles. The second-order valence-electron chi connectivity index (χ2n) is 3.78. The molecular formula is C10H24N2. The molecule has 0 unspecified atom stereocenters. The lowest BCUT2D eigenvalue weighted by atomic mass is 10.2. The molecule has 0 fully saturated rings. The van der Waals surface area contributed by atoms with E-state index in [0.29, 0.717) is 12.1 Å². The van der Waals surface area contributed by atoms with Crippen LogP contribution >= 0.6 is 0 Å². The first-order valence-electron chi connectivity index (χ1n) is 5.06. The Kier molecular flexibility index (Phi) is 6.39. The summed E-state index contributed by atoms with van der Waals surface area (Å²) < 4.78 is 0. The fourth-order valence-electron chi connectivity index (χ4n) is 1.50. The molecule has 0 saturated carbocycles. The van der Waals surface area contributed by atoms with Gasteiger partial charge in [-0.05, 0) is 34.2 Å². The maximum Gasteiger partial charge on any atom is 0.0112 e. The van der Waals surface area contributed by atoms with E-state index in [-0.39, 0.29) is 0 Å². The van der Waals surface area contributed by atoms with Crippen LogP contribution in [0, 0.1) is 0 Å². The van der Waals surface area contributed by atoms with Crippen LogP contribution in [0.1, 0.15) is 34.6 Å². The molecule has 0 aliphatic rings. The van der Waals surface area contributed by atoms with Gasteiger partial charge in [-0.25, -0.2) is 0 Å². The Labute approximate surface area is 77.3 Å². The van der Waals surface area contributed by atoms with Gasteiger partial charge in [-0.3, -0.25) is 4.90 Å². The Morgan fingerprint density at radius 3 is 1.92 bits per heavy atom. The molecule has 0 aromatic carbocycles. The summed E-state index contributed by atoms with van der Waals surface area (Å²) in [6.45, 7) is 14.5. The van der Waals surface area contributed by atoms with Crippen LogP contribution in [-0.2, 0) is 0 Å². The Morgan fingerprint density at radius 1 is 1.08 bits per heavy atom. The molecular weight excluding hydrogens is 148 g/mol. The average Bonchev–Trinajstić information content (AvgIpc) is 1.96. The topological polar surface area (TPSA) is 15.3 Å². The standard InChI is InChI=1S/C10H24N2/c1-6-11-7-8-12(9(2)3)10(4)5/h9-11H,6-8H2,1-5H3. The number of rotatable bonds is 6. The largest absolute Gasteiger partial charge is 0.316 e. The number of nitrogens with one attached hydrogen (secondary N) is 1. The summed E-state index contributed by atoms with van der Waals surface area (Å²) in [6.07, 6.45) is 0. The molecule has 0 radical (unpaired) electrons. The minimum absolute atomic E-state index is 0.656. The zero-order valence-electron chi connectivity index (χ0n) is 9.22. The van der Waals surface area contributed by atoms with Gasteiger partial charge < -0.3 is 5.32 Å². The molecule has 0 aliphatic heterocycles. The molecule has 0 bridgehead atoms. The summed E-state index contributed by atoms with van der Waals surface area (Å²) in [5.74, 6) is 0. The zero-order valence-corrected chi connectivity index (χ0v) is 9.22. The van der Waals surface area contributed by atoms with Crippen molar-refractivity contribution in [3.05, 3.63) is 0 Å². The van der Waals surface area contributed by atoms with Crippen LogP contribution < -0.4 is 5.32 Å². The maximum absolute atomic E-state index is 3.35. The minimum Gasteiger partial charge on any atom is -0.316 e. The van der Waals surface area contributed by atoms with Gasteiger partial charge in [0.05, 0.1) is 0 Å². The number of hydrogen-bond acceptors (Lipinski definition) is 2. The highest BCUT2D eigenvalue weighted by atomic mass is 15.2. The van der Waals surface area contributed by atoms with E-state index in [1.807, 2.05) is 0 Å². The average molecular weight is 172 g/mol. The van der Waals surface area contributed by atoms with Crippen LogP contribution in [0.4, 0.5) is 0 Å². The third-order valence-corrected chi connectivity index (χ3v) is 2.12. The fourth-order valence-corrected chi connectivity index (χ4v) is 1.50. The second kappa shape index (κ2) is 6.44. The van der Waals surface area contributed by atoms with Crippen molar-refractivity contribution in [3.63, 3.8) is 0 Å². The highest BCUT2D eigenvalue weighted by molar-refractivity contribution is 4.67. The lowest BCUT2D eigenvalue weighted by Gasteiger charge is -2.30. The number of likely N-dealkylation sites (N-methyl/N-ethyl adjacent to an activating group) is 1. The van der Waals surface area contributed by atoms with E-state index in [2.05, 4.69) is 44.8 Å². The summed E-state index contributed by atoms with van der Waals surface area (Å²) in [6, 6.07) is 1.31. The van der Waals surface area contributed by atoms with Crippen molar-refractivity contribution in [2.75, 3.05) is 19.6 Å². The first kappa shape index (κ1) is 11.9. The summed E-state index contributed by atoms with van der Waals surface area (Å²) >= 11 is 0. The Hall–Kier alpha value is -0.0800. The molecule has 0 rings (SSSR count). The summed E-state index contributed by atoms with van der Waals surface area (Å²) in [5.41, 5.74) is 0. The van der Waals surface area contributed by atoms with Crippen molar-refractivity contribution in [1.29, 1.82) is 0 Å². The molecule has 0 heterocycles. The number of nitrogens with zero attached hydrogens (tertiary/aromatic N) is 1. The van der Waals surface area contributed by atoms with Crippen molar-refractivity contribution < 1.29 is 0 Å². The first-order valence-corrected chi connectivity index (χ1v) is 5.06. The Balaban J connectivity index is 3.64. The lowest BCUT2D eigenvalue weighted by Crippen LogP contribution is -2.41. The maximum atomic E-state index is 3.35. The SMILES string of the molecule is CCNCCN(C(C)C)C(C)C. The predicted octanol–water partition coefficient (Wildman–Crippen LogP) is 1.71. The second-order valence-corrected chi connectivity index (χ2v) is 3.78. The van der Waals surface area contributed by atoms with Crippen molar-refractivity contribution >= 4 is 0 Å². The van der Waals surface area contributed by atoms with Gasteiger partial charge in [-0.2, -0.15) is 0 Å². The molecule has 0 aromatic rings. The Bertz CT molecular complexity index is 92.0. The van der Waals surface area contributed by atoms with Gasteiger partial charge in [0, 0.05) is 25.2 Å². The molecule has 0 saturated heterocycles. The van der Waals surface area contributed by atoms with Crippen LogP contribution in [0.3, 0.4) is 0 Å². The van der Waals surface area contributed by atoms with Crippen molar-refractivity contribution in [3.8, 4) is 0 Å². The van der Waals surface area contributed by atoms with Gasteiger partial charge >= 0.3 is 0 Å². The third-order valence-electron chi connectivity index (χ3n) is 2.12.